The summed E-state index contributed by atoms with van der Waals surface area (Å²) in [5.41, 5.74) is 4.18. The van der Waals surface area contributed by atoms with Gasteiger partial charge in [0.1, 0.15) is 0 Å². The topological polar surface area (TPSA) is 63.1 Å². The molecule has 0 radical (unpaired) electrons. The fraction of sp³-hybridized carbons (Fsp3) is 0.167. The molecule has 0 bridgehead atoms. The molecule has 1 aromatic carbocycles. The second-order valence-electron chi connectivity index (χ2n) is 6.11. The van der Waals surface area contributed by atoms with Gasteiger partial charge in [0.05, 0.1) is 16.9 Å². The standard InChI is InChI=1S/C18H16ClN5O/c1-23-6-5-11(9-23)16-15(19)8-20-18(22-16)21-13-3-4-14-12(7-13)10-24(2)17(14)25/h3-9H,10H2,1-2H3,(H,20,21,22). The Bertz CT molecular complexity index is 981. The summed E-state index contributed by atoms with van der Waals surface area (Å²) in [6.07, 6.45) is 5.48. The number of hydrogen-bond acceptors (Lipinski definition) is 4. The molecule has 0 spiro atoms. The minimum Gasteiger partial charge on any atom is -0.357 e. The van der Waals surface area contributed by atoms with Gasteiger partial charge in [-0.1, -0.05) is 11.6 Å². The number of benzene rings is 1. The highest BCUT2D eigenvalue weighted by Crippen LogP contribution is 2.29. The first kappa shape index (κ1) is 15.7. The van der Waals surface area contributed by atoms with E-state index >= 15 is 0 Å². The molecule has 0 fully saturated rings. The zero-order chi connectivity index (χ0) is 17.6. The van der Waals surface area contributed by atoms with E-state index in [2.05, 4.69) is 15.3 Å². The molecular formula is C18H16ClN5O. The largest absolute Gasteiger partial charge is 0.357 e. The van der Waals surface area contributed by atoms with Gasteiger partial charge in [0.2, 0.25) is 5.95 Å². The van der Waals surface area contributed by atoms with Gasteiger partial charge in [-0.15, -0.1) is 0 Å². The molecule has 4 rings (SSSR count). The number of hydrogen-bond donors (Lipinski definition) is 1. The second-order valence-corrected chi connectivity index (χ2v) is 6.52. The molecule has 1 amide bonds. The number of amides is 1. The summed E-state index contributed by atoms with van der Waals surface area (Å²) in [6, 6.07) is 7.60. The Labute approximate surface area is 150 Å². The Hall–Kier alpha value is -2.86. The highest BCUT2D eigenvalue weighted by atomic mass is 35.5. The molecule has 126 valence electrons. The third-order valence-electron chi connectivity index (χ3n) is 4.20. The maximum Gasteiger partial charge on any atom is 0.254 e. The molecule has 0 saturated carbocycles. The van der Waals surface area contributed by atoms with Crippen molar-refractivity contribution in [2.75, 3.05) is 12.4 Å². The van der Waals surface area contributed by atoms with Gasteiger partial charge in [-0.25, -0.2) is 9.97 Å². The lowest BCUT2D eigenvalue weighted by atomic mass is 10.1. The minimum atomic E-state index is 0.0515. The van der Waals surface area contributed by atoms with Crippen molar-refractivity contribution in [3.05, 3.63) is 59.0 Å². The van der Waals surface area contributed by atoms with E-state index in [0.29, 0.717) is 23.2 Å². The number of anilines is 2. The molecule has 0 unspecified atom stereocenters. The number of fused-ring (bicyclic) bond motifs is 1. The normalized spacial score (nSPS) is 13.2. The SMILES string of the molecule is CN1Cc2cc(Nc3ncc(Cl)c(-c4ccn(C)c4)n3)ccc2C1=O. The van der Waals surface area contributed by atoms with Crippen LogP contribution < -0.4 is 5.32 Å². The lowest BCUT2D eigenvalue weighted by Crippen LogP contribution is -2.17. The first-order valence-electron chi connectivity index (χ1n) is 7.81. The van der Waals surface area contributed by atoms with Crippen LogP contribution in [-0.4, -0.2) is 32.4 Å². The summed E-state index contributed by atoms with van der Waals surface area (Å²) in [5, 5.41) is 3.69. The van der Waals surface area contributed by atoms with Crippen molar-refractivity contribution in [2.45, 2.75) is 6.54 Å². The Morgan fingerprint density at radius 1 is 1.24 bits per heavy atom. The molecule has 6 nitrogen and oxygen atoms in total. The summed E-state index contributed by atoms with van der Waals surface area (Å²) in [5.74, 6) is 0.511. The first-order chi connectivity index (χ1) is 12.0. The number of carbonyl (C=O) groups excluding carboxylic acids is 1. The average Bonchev–Trinajstić information content (AvgIpc) is 3.13. The van der Waals surface area contributed by atoms with Crippen LogP contribution in [0.1, 0.15) is 15.9 Å². The molecule has 7 heteroatoms. The molecule has 0 saturated heterocycles. The molecular weight excluding hydrogens is 338 g/mol. The van der Waals surface area contributed by atoms with Crippen molar-refractivity contribution in [3.8, 4) is 11.3 Å². The van der Waals surface area contributed by atoms with Gasteiger partial charge in [0.15, 0.2) is 0 Å². The van der Waals surface area contributed by atoms with Gasteiger partial charge >= 0.3 is 0 Å². The van der Waals surface area contributed by atoms with E-state index in [4.69, 9.17) is 11.6 Å². The van der Waals surface area contributed by atoms with Crippen molar-refractivity contribution < 1.29 is 4.79 Å². The summed E-state index contributed by atoms with van der Waals surface area (Å²) < 4.78 is 1.94. The fourth-order valence-corrected chi connectivity index (χ4v) is 3.15. The number of nitrogens with one attached hydrogen (secondary N) is 1. The summed E-state index contributed by atoms with van der Waals surface area (Å²) in [4.78, 5) is 22.4. The number of aryl methyl sites for hydroxylation is 1. The van der Waals surface area contributed by atoms with E-state index in [9.17, 15) is 4.79 Å². The first-order valence-corrected chi connectivity index (χ1v) is 8.19. The lowest BCUT2D eigenvalue weighted by molar-refractivity contribution is 0.0816. The molecule has 0 aliphatic carbocycles. The molecule has 1 N–H and O–H groups in total. The number of aromatic nitrogens is 3. The predicted molar refractivity (Wildman–Crippen MR) is 97.0 cm³/mol. The van der Waals surface area contributed by atoms with Crippen molar-refractivity contribution in [2.24, 2.45) is 7.05 Å². The van der Waals surface area contributed by atoms with Gasteiger partial charge in [-0.2, -0.15) is 0 Å². The summed E-state index contributed by atoms with van der Waals surface area (Å²) in [6.45, 7) is 0.612. The Balaban J connectivity index is 1.64. The third kappa shape index (κ3) is 2.85. The summed E-state index contributed by atoms with van der Waals surface area (Å²) in [7, 11) is 3.74. The smallest absolute Gasteiger partial charge is 0.254 e. The van der Waals surface area contributed by atoms with Gasteiger partial charge < -0.3 is 14.8 Å². The highest BCUT2D eigenvalue weighted by Gasteiger charge is 2.24. The zero-order valence-electron chi connectivity index (χ0n) is 13.8. The van der Waals surface area contributed by atoms with E-state index < -0.39 is 0 Å². The van der Waals surface area contributed by atoms with Crippen molar-refractivity contribution in [1.82, 2.24) is 19.4 Å². The van der Waals surface area contributed by atoms with Crippen molar-refractivity contribution in [1.29, 1.82) is 0 Å². The van der Waals surface area contributed by atoms with Gasteiger partial charge in [0.25, 0.3) is 5.91 Å². The van der Waals surface area contributed by atoms with Crippen molar-refractivity contribution >= 4 is 29.1 Å². The number of nitrogens with zero attached hydrogens (tertiary/aromatic N) is 4. The molecule has 2 aromatic heterocycles. The van der Waals surface area contributed by atoms with Crippen LogP contribution in [-0.2, 0) is 13.6 Å². The Kier molecular flexibility index (Phi) is 3.69. The quantitative estimate of drug-likeness (QED) is 0.783. The molecule has 1 aliphatic rings. The van der Waals surface area contributed by atoms with Crippen LogP contribution in [0.4, 0.5) is 11.6 Å². The van der Waals surface area contributed by atoms with Crippen molar-refractivity contribution in [3.63, 3.8) is 0 Å². The van der Waals surface area contributed by atoms with Crippen LogP contribution in [0.25, 0.3) is 11.3 Å². The molecule has 0 atom stereocenters. The van der Waals surface area contributed by atoms with Crippen LogP contribution in [0.15, 0.2) is 42.9 Å². The van der Waals surface area contributed by atoms with E-state index in [1.165, 1.54) is 0 Å². The Morgan fingerprint density at radius 2 is 2.08 bits per heavy atom. The van der Waals surface area contributed by atoms with E-state index in [1.54, 1.807) is 18.1 Å². The molecule has 3 aromatic rings. The highest BCUT2D eigenvalue weighted by molar-refractivity contribution is 6.32. The number of rotatable bonds is 3. The fourth-order valence-electron chi connectivity index (χ4n) is 2.95. The maximum absolute atomic E-state index is 12.0. The molecule has 3 heterocycles. The number of carbonyl (C=O) groups is 1. The molecule has 1 aliphatic heterocycles. The minimum absolute atomic E-state index is 0.0515. The van der Waals surface area contributed by atoms with Gasteiger partial charge in [0, 0.05) is 49.8 Å². The van der Waals surface area contributed by atoms with E-state index in [0.717, 1.165) is 22.4 Å². The maximum atomic E-state index is 12.0. The monoisotopic (exact) mass is 353 g/mol. The second kappa shape index (κ2) is 5.89. The van der Waals surface area contributed by atoms with E-state index in [-0.39, 0.29) is 5.91 Å². The van der Waals surface area contributed by atoms with Gasteiger partial charge in [-0.05, 0) is 29.8 Å². The molecule has 25 heavy (non-hydrogen) atoms. The van der Waals surface area contributed by atoms with E-state index in [1.807, 2.05) is 48.3 Å². The van der Waals surface area contributed by atoms with Gasteiger partial charge in [-0.3, -0.25) is 4.79 Å². The number of halogens is 1. The Morgan fingerprint density at radius 3 is 2.84 bits per heavy atom. The third-order valence-corrected chi connectivity index (χ3v) is 4.47. The predicted octanol–water partition coefficient (Wildman–Crippen LogP) is 3.46. The van der Waals surface area contributed by atoms with Crippen LogP contribution in [0.2, 0.25) is 5.02 Å². The lowest BCUT2D eigenvalue weighted by Gasteiger charge is -2.08. The average molecular weight is 354 g/mol. The van der Waals surface area contributed by atoms with Crippen LogP contribution in [0.5, 0.6) is 0 Å². The summed E-state index contributed by atoms with van der Waals surface area (Å²) >= 11 is 6.25. The van der Waals surface area contributed by atoms with Crippen LogP contribution in [0.3, 0.4) is 0 Å². The zero-order valence-corrected chi connectivity index (χ0v) is 14.6. The van der Waals surface area contributed by atoms with Crippen LogP contribution >= 0.6 is 11.6 Å². The van der Waals surface area contributed by atoms with Crippen LogP contribution in [0, 0.1) is 0 Å².